The molecule has 2 unspecified atom stereocenters. The van der Waals surface area contributed by atoms with Crippen LogP contribution in [0, 0.1) is 5.82 Å². The summed E-state index contributed by atoms with van der Waals surface area (Å²) in [5, 5.41) is 10.6. The quantitative estimate of drug-likeness (QED) is 0.482. The van der Waals surface area contributed by atoms with Gasteiger partial charge in [-0.15, -0.1) is 0 Å². The Balaban J connectivity index is 1.63. The van der Waals surface area contributed by atoms with Crippen LogP contribution in [0.5, 0.6) is 11.5 Å². The standard InChI is InChI=1S/C30H37ClFN5O5/c1-6-22(39)35-12-13-36-18(16-35)17-42-27-24(29(36)40)28(33-26(25(27)31)23-19(32)8-7-9-20(23)38)37-11-10-21(30(37,2)3)41-15-14-34(4)5/h6-9,18,21,38H,1,10-17H2,2-5H3. The molecule has 0 bridgehead atoms. The summed E-state index contributed by atoms with van der Waals surface area (Å²) in [6.45, 7) is 10.4. The topological polar surface area (TPSA) is 98.7 Å². The van der Waals surface area contributed by atoms with Crippen molar-refractivity contribution in [3.63, 3.8) is 0 Å². The lowest BCUT2D eigenvalue weighted by Crippen LogP contribution is -2.57. The second-order valence-electron chi connectivity index (χ2n) is 11.6. The van der Waals surface area contributed by atoms with E-state index in [0.29, 0.717) is 32.7 Å². The summed E-state index contributed by atoms with van der Waals surface area (Å²) in [7, 11) is 3.96. The monoisotopic (exact) mass is 601 g/mol. The molecule has 1 aromatic carbocycles. The minimum atomic E-state index is -0.711. The predicted octanol–water partition coefficient (Wildman–Crippen LogP) is 3.41. The largest absolute Gasteiger partial charge is 0.507 e. The average molecular weight is 602 g/mol. The number of likely N-dealkylation sites (N-methyl/N-ethyl adjacent to an activating group) is 1. The van der Waals surface area contributed by atoms with Crippen molar-refractivity contribution >= 4 is 29.2 Å². The van der Waals surface area contributed by atoms with E-state index < -0.39 is 17.4 Å². The minimum Gasteiger partial charge on any atom is -0.507 e. The lowest BCUT2D eigenvalue weighted by Gasteiger charge is -2.40. The van der Waals surface area contributed by atoms with E-state index in [-0.39, 0.29) is 70.2 Å². The predicted molar refractivity (Wildman–Crippen MR) is 158 cm³/mol. The van der Waals surface area contributed by atoms with Gasteiger partial charge in [0.25, 0.3) is 5.91 Å². The fourth-order valence-electron chi connectivity index (χ4n) is 5.99. The Morgan fingerprint density at radius 1 is 1.31 bits per heavy atom. The maximum atomic E-state index is 15.2. The first-order valence-electron chi connectivity index (χ1n) is 14.1. The van der Waals surface area contributed by atoms with Crippen molar-refractivity contribution < 1.29 is 28.6 Å². The summed E-state index contributed by atoms with van der Waals surface area (Å²) >= 11 is 6.86. The van der Waals surface area contributed by atoms with Crippen LogP contribution >= 0.6 is 11.6 Å². The third-order valence-corrected chi connectivity index (χ3v) is 8.73. The summed E-state index contributed by atoms with van der Waals surface area (Å²) in [4.78, 5) is 38.8. The Kier molecular flexibility index (Phi) is 8.37. The third kappa shape index (κ3) is 5.29. The number of hydrogen-bond donors (Lipinski definition) is 1. The minimum absolute atomic E-state index is 0.0232. The SMILES string of the molecule is C=CC(=O)N1CCN2C(=O)c3c(N4CCC(OCCN(C)C)C4(C)C)nc(-c4c(O)cccc4F)c(Cl)c3OCC2C1. The van der Waals surface area contributed by atoms with Crippen LogP contribution in [0.1, 0.15) is 30.6 Å². The first kappa shape index (κ1) is 30.1. The van der Waals surface area contributed by atoms with Gasteiger partial charge in [0.1, 0.15) is 40.3 Å². The number of aromatic nitrogens is 1. The number of amides is 2. The highest BCUT2D eigenvalue weighted by molar-refractivity contribution is 6.35. The number of aromatic hydroxyl groups is 1. The second-order valence-corrected chi connectivity index (χ2v) is 12.0. The Morgan fingerprint density at radius 2 is 2.07 bits per heavy atom. The van der Waals surface area contributed by atoms with Crippen LogP contribution in [0.4, 0.5) is 10.2 Å². The maximum absolute atomic E-state index is 15.2. The molecule has 2 aromatic rings. The van der Waals surface area contributed by atoms with Gasteiger partial charge in [-0.25, -0.2) is 9.37 Å². The number of piperazine rings is 1. The molecule has 12 heteroatoms. The van der Waals surface area contributed by atoms with Gasteiger partial charge >= 0.3 is 0 Å². The van der Waals surface area contributed by atoms with Crippen molar-refractivity contribution in [3.8, 4) is 22.8 Å². The summed E-state index contributed by atoms with van der Waals surface area (Å²) in [6.07, 6.45) is 1.76. The summed E-state index contributed by atoms with van der Waals surface area (Å²) < 4.78 is 27.7. The maximum Gasteiger partial charge on any atom is 0.261 e. The van der Waals surface area contributed by atoms with E-state index in [1.165, 1.54) is 24.3 Å². The molecule has 226 valence electrons. The molecule has 42 heavy (non-hydrogen) atoms. The smallest absolute Gasteiger partial charge is 0.261 e. The number of anilines is 1. The Hall–Kier alpha value is -3.41. The van der Waals surface area contributed by atoms with E-state index >= 15 is 4.39 Å². The number of benzene rings is 1. The van der Waals surface area contributed by atoms with E-state index in [0.717, 1.165) is 6.54 Å². The molecular formula is C30H37ClFN5O5. The molecule has 0 aliphatic carbocycles. The number of ether oxygens (including phenoxy) is 2. The van der Waals surface area contributed by atoms with Crippen LogP contribution in [0.2, 0.25) is 5.02 Å². The Bertz CT molecular complexity index is 1380. The van der Waals surface area contributed by atoms with E-state index in [2.05, 4.69) is 6.58 Å². The van der Waals surface area contributed by atoms with Gasteiger partial charge in [0.15, 0.2) is 5.75 Å². The second kappa shape index (κ2) is 11.7. The van der Waals surface area contributed by atoms with Crippen LogP contribution in [-0.2, 0) is 9.53 Å². The van der Waals surface area contributed by atoms with Gasteiger partial charge in [-0.1, -0.05) is 24.2 Å². The van der Waals surface area contributed by atoms with Crippen molar-refractivity contribution in [1.82, 2.24) is 19.7 Å². The van der Waals surface area contributed by atoms with E-state index in [9.17, 15) is 14.7 Å². The number of phenols is 1. The lowest BCUT2D eigenvalue weighted by molar-refractivity contribution is -0.128. The summed E-state index contributed by atoms with van der Waals surface area (Å²) in [6, 6.07) is 3.52. The molecule has 10 nitrogen and oxygen atoms in total. The van der Waals surface area contributed by atoms with Crippen molar-refractivity contribution in [3.05, 3.63) is 47.3 Å². The molecule has 3 aliphatic heterocycles. The summed E-state index contributed by atoms with van der Waals surface area (Å²) in [5.74, 6) is -1.24. The molecule has 1 N–H and O–H groups in total. The normalized spacial score (nSPS) is 21.6. The Morgan fingerprint density at radius 3 is 2.76 bits per heavy atom. The number of halogens is 2. The van der Waals surface area contributed by atoms with Gasteiger partial charge in [-0.05, 0) is 52.6 Å². The third-order valence-electron chi connectivity index (χ3n) is 8.38. The van der Waals surface area contributed by atoms with Crippen LogP contribution in [0.25, 0.3) is 11.3 Å². The van der Waals surface area contributed by atoms with E-state index in [1.54, 1.807) is 9.80 Å². The molecule has 3 aliphatic rings. The van der Waals surface area contributed by atoms with Crippen molar-refractivity contribution in [2.75, 3.05) is 64.9 Å². The highest BCUT2D eigenvalue weighted by Gasteiger charge is 2.47. The van der Waals surface area contributed by atoms with Crippen LogP contribution in [0.15, 0.2) is 30.9 Å². The molecule has 0 saturated carbocycles. The van der Waals surface area contributed by atoms with Gasteiger partial charge in [0.2, 0.25) is 5.91 Å². The van der Waals surface area contributed by atoms with Crippen molar-refractivity contribution in [1.29, 1.82) is 0 Å². The molecule has 2 saturated heterocycles. The number of rotatable bonds is 7. The van der Waals surface area contributed by atoms with Crippen molar-refractivity contribution in [2.24, 2.45) is 0 Å². The number of phenolic OH excluding ortho intramolecular Hbond substituents is 1. The molecule has 0 radical (unpaired) electrons. The molecule has 1 aromatic heterocycles. The Labute approximate surface area is 250 Å². The highest BCUT2D eigenvalue weighted by Crippen LogP contribution is 2.48. The van der Waals surface area contributed by atoms with E-state index in [1.807, 2.05) is 37.7 Å². The highest BCUT2D eigenvalue weighted by atomic mass is 35.5. The van der Waals surface area contributed by atoms with Crippen molar-refractivity contribution in [2.45, 2.75) is 38.0 Å². The van der Waals surface area contributed by atoms with Gasteiger partial charge in [-0.2, -0.15) is 0 Å². The lowest BCUT2D eigenvalue weighted by atomic mass is 9.97. The average Bonchev–Trinajstić information content (AvgIpc) is 3.15. The summed E-state index contributed by atoms with van der Waals surface area (Å²) in [5.41, 5.74) is -0.628. The van der Waals surface area contributed by atoms with Crippen LogP contribution in [0.3, 0.4) is 0 Å². The van der Waals surface area contributed by atoms with Crippen LogP contribution < -0.4 is 9.64 Å². The zero-order valence-electron chi connectivity index (χ0n) is 24.4. The van der Waals surface area contributed by atoms with Crippen LogP contribution in [-0.4, -0.2) is 114 Å². The zero-order chi connectivity index (χ0) is 30.3. The number of hydrogen-bond acceptors (Lipinski definition) is 8. The molecule has 5 rings (SSSR count). The molecule has 2 amide bonds. The van der Waals surface area contributed by atoms with Gasteiger partial charge in [0, 0.05) is 32.7 Å². The molecule has 0 spiro atoms. The molecular weight excluding hydrogens is 565 g/mol. The zero-order valence-corrected chi connectivity index (χ0v) is 25.2. The molecule has 4 heterocycles. The first-order valence-corrected chi connectivity index (χ1v) is 14.4. The number of pyridine rings is 1. The van der Waals surface area contributed by atoms with E-state index in [4.69, 9.17) is 26.1 Å². The first-order chi connectivity index (χ1) is 19.9. The van der Waals surface area contributed by atoms with Gasteiger partial charge in [0.05, 0.1) is 29.9 Å². The fraction of sp³-hybridized carbons (Fsp3) is 0.500. The number of carbonyl (C=O) groups is 2. The number of carbonyl (C=O) groups excluding carboxylic acids is 2. The van der Waals surface area contributed by atoms with Gasteiger partial charge in [-0.3, -0.25) is 9.59 Å². The number of nitrogens with zero attached hydrogens (tertiary/aromatic N) is 5. The number of fused-ring (bicyclic) bond motifs is 2. The van der Waals surface area contributed by atoms with Gasteiger partial charge < -0.3 is 34.2 Å². The molecule has 2 atom stereocenters. The molecule has 2 fully saturated rings. The fourth-order valence-corrected chi connectivity index (χ4v) is 6.27.